The second-order valence-corrected chi connectivity index (χ2v) is 12.4. The Kier molecular flexibility index (Phi) is 8.98. The van der Waals surface area contributed by atoms with Gasteiger partial charge >= 0.3 is 0 Å². The number of amides is 4. The van der Waals surface area contributed by atoms with Crippen molar-refractivity contribution in [3.05, 3.63) is 51.8 Å². The van der Waals surface area contributed by atoms with Crippen LogP contribution in [0.2, 0.25) is 0 Å². The fourth-order valence-corrected chi connectivity index (χ4v) is 6.51. The number of carbonyl (C=O) groups excluding carboxylic acids is 5. The molecule has 1 N–H and O–H groups in total. The highest BCUT2D eigenvalue weighted by molar-refractivity contribution is 6.06. The molecule has 5 rings (SSSR count). The number of fused-ring (bicyclic) bond motifs is 2. The number of aromatic nitrogens is 2. The van der Waals surface area contributed by atoms with E-state index in [4.69, 9.17) is 0 Å². The highest BCUT2D eigenvalue weighted by Crippen LogP contribution is 2.30. The first-order valence-corrected chi connectivity index (χ1v) is 15.4. The topological polar surface area (TPSA) is 125 Å². The smallest absolute Gasteiger partial charge is 0.274 e. The molecule has 1 aliphatic heterocycles. The van der Waals surface area contributed by atoms with E-state index in [2.05, 4.69) is 24.3 Å². The van der Waals surface area contributed by atoms with Gasteiger partial charge in [-0.3, -0.25) is 28.7 Å². The van der Waals surface area contributed by atoms with E-state index in [0.29, 0.717) is 61.4 Å². The molecule has 0 spiro atoms. The number of carbonyl (C=O) groups is 5. The lowest BCUT2D eigenvalue weighted by Gasteiger charge is -2.37. The molecular weight excluding hydrogens is 548 g/mol. The highest BCUT2D eigenvalue weighted by Gasteiger charge is 2.35. The number of ketones is 1. The SMILES string of the molecule is CC(C)CCN1C(=O)CN(C(=O)c2cccc3c2CCC3=O)CCCNC(=O)CN(C)C(=O)c2nn(C)c3c2CC1CC3. The summed E-state index contributed by atoms with van der Waals surface area (Å²) in [5.41, 5.74) is 3.91. The normalized spacial score (nSPS) is 20.1. The van der Waals surface area contributed by atoms with Crippen molar-refractivity contribution in [2.24, 2.45) is 13.0 Å². The maximum absolute atomic E-state index is 14.1. The van der Waals surface area contributed by atoms with Crippen LogP contribution in [0.3, 0.4) is 0 Å². The number of likely N-dealkylation sites (N-methyl/N-ethyl adjacent to an activating group) is 1. The Balaban J connectivity index is 1.49. The second kappa shape index (κ2) is 12.7. The molecule has 11 nitrogen and oxygen atoms in total. The Morgan fingerprint density at radius 2 is 1.84 bits per heavy atom. The molecule has 0 fully saturated rings. The van der Waals surface area contributed by atoms with Gasteiger partial charge in [0.1, 0.15) is 6.54 Å². The molecule has 43 heavy (non-hydrogen) atoms. The van der Waals surface area contributed by atoms with Crippen LogP contribution in [0, 0.1) is 5.92 Å². The van der Waals surface area contributed by atoms with Gasteiger partial charge in [-0.15, -0.1) is 0 Å². The van der Waals surface area contributed by atoms with Crippen LogP contribution in [-0.2, 0) is 35.9 Å². The molecule has 11 heteroatoms. The van der Waals surface area contributed by atoms with E-state index in [-0.39, 0.29) is 61.6 Å². The molecule has 230 valence electrons. The van der Waals surface area contributed by atoms with Gasteiger partial charge in [0, 0.05) is 68.6 Å². The number of Topliss-reactive ketones (excluding diaryl/α,β-unsaturated/α-hetero) is 1. The third-order valence-corrected chi connectivity index (χ3v) is 8.92. The summed E-state index contributed by atoms with van der Waals surface area (Å²) < 4.78 is 1.74. The first kappa shape index (κ1) is 30.4. The molecule has 1 aromatic heterocycles. The number of nitrogens with zero attached hydrogens (tertiary/aromatic N) is 5. The van der Waals surface area contributed by atoms with Gasteiger partial charge in [0.05, 0.1) is 6.54 Å². The van der Waals surface area contributed by atoms with Gasteiger partial charge in [-0.25, -0.2) is 0 Å². The van der Waals surface area contributed by atoms with Crippen LogP contribution in [-0.4, -0.2) is 99.7 Å². The van der Waals surface area contributed by atoms with Crippen molar-refractivity contribution in [2.45, 2.75) is 64.8 Å². The molecule has 2 aliphatic carbocycles. The number of aryl methyl sites for hydroxylation is 1. The molecule has 2 aromatic rings. The third kappa shape index (κ3) is 6.35. The Labute approximate surface area is 252 Å². The van der Waals surface area contributed by atoms with E-state index < -0.39 is 0 Å². The summed E-state index contributed by atoms with van der Waals surface area (Å²) in [6.07, 6.45) is 4.01. The standard InChI is InChI=1S/C32H42N6O5/c1-20(2)13-16-38-21-9-11-26-25(17-21)30(34-36(26)4)32(43)35(3)18-28(40)33-14-6-15-37(19-29(38)41)31(42)24-8-5-7-23-22(24)10-12-27(23)39/h5,7-8,20-21H,6,9-19H2,1-4H3,(H,33,40). The quantitative estimate of drug-likeness (QED) is 0.581. The predicted molar refractivity (Wildman–Crippen MR) is 160 cm³/mol. The summed E-state index contributed by atoms with van der Waals surface area (Å²) in [5.74, 6) is -0.629. The highest BCUT2D eigenvalue weighted by atomic mass is 16.2. The van der Waals surface area contributed by atoms with E-state index in [1.54, 1.807) is 34.8 Å². The van der Waals surface area contributed by atoms with Crippen LogP contribution in [0.25, 0.3) is 0 Å². The summed E-state index contributed by atoms with van der Waals surface area (Å²) in [5, 5.41) is 7.38. The molecule has 2 bridgehead atoms. The van der Waals surface area contributed by atoms with E-state index in [9.17, 15) is 24.0 Å². The zero-order chi connectivity index (χ0) is 30.8. The number of nitrogens with one attached hydrogen (secondary N) is 1. The summed E-state index contributed by atoms with van der Waals surface area (Å²) in [6.45, 7) is 5.12. The minimum absolute atomic E-state index is 0.0335. The monoisotopic (exact) mass is 590 g/mol. The lowest BCUT2D eigenvalue weighted by molar-refractivity contribution is -0.134. The first-order chi connectivity index (χ1) is 20.5. The zero-order valence-corrected chi connectivity index (χ0v) is 25.6. The van der Waals surface area contributed by atoms with Crippen LogP contribution in [0.1, 0.15) is 87.6 Å². The van der Waals surface area contributed by atoms with Crippen LogP contribution < -0.4 is 5.32 Å². The average Bonchev–Trinajstić information content (AvgIpc) is 3.52. The summed E-state index contributed by atoms with van der Waals surface area (Å²) in [7, 11) is 3.42. The van der Waals surface area contributed by atoms with Gasteiger partial charge in [0.25, 0.3) is 11.8 Å². The Morgan fingerprint density at radius 3 is 2.60 bits per heavy atom. The van der Waals surface area contributed by atoms with Gasteiger partial charge in [-0.1, -0.05) is 26.0 Å². The van der Waals surface area contributed by atoms with Gasteiger partial charge in [-0.2, -0.15) is 5.10 Å². The summed E-state index contributed by atoms with van der Waals surface area (Å²) >= 11 is 0. The number of rotatable bonds is 4. The fourth-order valence-electron chi connectivity index (χ4n) is 6.51. The number of hydrogen-bond donors (Lipinski definition) is 1. The number of hydrogen-bond acceptors (Lipinski definition) is 6. The zero-order valence-electron chi connectivity index (χ0n) is 25.6. The minimum Gasteiger partial charge on any atom is -0.354 e. The van der Waals surface area contributed by atoms with E-state index in [1.165, 1.54) is 4.90 Å². The van der Waals surface area contributed by atoms with E-state index in [1.807, 2.05) is 11.9 Å². The predicted octanol–water partition coefficient (Wildman–Crippen LogP) is 2.02. The summed E-state index contributed by atoms with van der Waals surface area (Å²) in [6, 6.07) is 5.08. The maximum Gasteiger partial charge on any atom is 0.274 e. The van der Waals surface area contributed by atoms with Crippen LogP contribution in [0.5, 0.6) is 0 Å². The van der Waals surface area contributed by atoms with Crippen LogP contribution >= 0.6 is 0 Å². The Morgan fingerprint density at radius 1 is 1.05 bits per heavy atom. The summed E-state index contributed by atoms with van der Waals surface area (Å²) in [4.78, 5) is 71.5. The van der Waals surface area contributed by atoms with Crippen molar-refractivity contribution in [3.63, 3.8) is 0 Å². The molecule has 0 saturated heterocycles. The van der Waals surface area contributed by atoms with Crippen molar-refractivity contribution in [1.82, 2.24) is 29.8 Å². The van der Waals surface area contributed by atoms with Gasteiger partial charge in [0.15, 0.2) is 11.5 Å². The number of benzene rings is 1. The van der Waals surface area contributed by atoms with Crippen LogP contribution in [0.4, 0.5) is 0 Å². The molecule has 3 aliphatic rings. The third-order valence-electron chi connectivity index (χ3n) is 8.92. The van der Waals surface area contributed by atoms with Crippen molar-refractivity contribution in [3.8, 4) is 0 Å². The van der Waals surface area contributed by atoms with Crippen molar-refractivity contribution in [2.75, 3.05) is 39.8 Å². The molecule has 1 atom stereocenters. The Bertz CT molecular complexity index is 1450. The molecular formula is C32H42N6O5. The van der Waals surface area contributed by atoms with Gasteiger partial charge in [-0.05, 0) is 56.1 Å². The molecule has 2 heterocycles. The molecule has 0 saturated carbocycles. The van der Waals surface area contributed by atoms with Crippen molar-refractivity contribution < 1.29 is 24.0 Å². The maximum atomic E-state index is 14.1. The lowest BCUT2D eigenvalue weighted by Crippen LogP contribution is -2.50. The first-order valence-electron chi connectivity index (χ1n) is 15.4. The Hall–Kier alpha value is -4.02. The average molecular weight is 591 g/mol. The van der Waals surface area contributed by atoms with Crippen molar-refractivity contribution >= 4 is 29.4 Å². The molecule has 4 amide bonds. The van der Waals surface area contributed by atoms with Crippen LogP contribution in [0.15, 0.2) is 18.2 Å². The second-order valence-electron chi connectivity index (χ2n) is 12.4. The molecule has 1 aromatic carbocycles. The largest absolute Gasteiger partial charge is 0.354 e. The van der Waals surface area contributed by atoms with Gasteiger partial charge < -0.3 is 20.0 Å². The van der Waals surface area contributed by atoms with Gasteiger partial charge in [0.2, 0.25) is 11.8 Å². The minimum atomic E-state index is -0.314. The van der Waals surface area contributed by atoms with Crippen molar-refractivity contribution in [1.29, 1.82) is 0 Å². The molecule has 1 unspecified atom stereocenters. The fraction of sp³-hybridized carbons (Fsp3) is 0.562. The van der Waals surface area contributed by atoms with E-state index >= 15 is 0 Å². The molecule has 0 radical (unpaired) electrons. The lowest BCUT2D eigenvalue weighted by atomic mass is 9.89. The van der Waals surface area contributed by atoms with E-state index in [0.717, 1.165) is 29.7 Å².